The van der Waals surface area contributed by atoms with Crippen LogP contribution in [0, 0.1) is 5.92 Å². The zero-order valence-electron chi connectivity index (χ0n) is 24.0. The molecule has 0 saturated carbocycles. The number of nitrogen functional groups attached to an aromatic ring is 1. The molecule has 0 bridgehead atoms. The van der Waals surface area contributed by atoms with Crippen molar-refractivity contribution in [2.24, 2.45) is 5.92 Å². The Hall–Kier alpha value is -5.29. The molecule has 11 heteroatoms. The SMILES string of the molecule is CC(C)CCNC(=O)c1ccc(-c2cc3c(cc2C(=O)Nc2ccc4c(N)nccc4c2)-c2sccc2CO3)c(C(=O)O)n1. The smallest absolute Gasteiger partial charge is 0.355 e. The Labute approximate surface area is 256 Å². The van der Waals surface area contributed by atoms with Crippen LogP contribution in [0.1, 0.15) is 57.2 Å². The number of carboxylic acids is 1. The van der Waals surface area contributed by atoms with Gasteiger partial charge in [0.05, 0.1) is 0 Å². The number of hydrogen-bond acceptors (Lipinski definition) is 8. The Bertz CT molecular complexity index is 1950. The van der Waals surface area contributed by atoms with Crippen LogP contribution in [-0.4, -0.2) is 39.4 Å². The molecule has 1 aliphatic rings. The number of aromatic nitrogens is 2. The molecule has 4 heterocycles. The largest absolute Gasteiger partial charge is 0.488 e. The summed E-state index contributed by atoms with van der Waals surface area (Å²) in [6.45, 7) is 4.89. The molecule has 1 aliphatic heterocycles. The number of carboxylic acid groups (broad SMARTS) is 1. The fourth-order valence-electron chi connectivity index (χ4n) is 5.14. The highest BCUT2D eigenvalue weighted by molar-refractivity contribution is 7.13. The Morgan fingerprint density at radius 3 is 2.66 bits per heavy atom. The van der Waals surface area contributed by atoms with Gasteiger partial charge in [-0.2, -0.15) is 0 Å². The molecule has 5 aromatic rings. The topological polar surface area (TPSA) is 157 Å². The minimum atomic E-state index is -1.33. The maximum Gasteiger partial charge on any atom is 0.355 e. The summed E-state index contributed by atoms with van der Waals surface area (Å²) in [4.78, 5) is 48.5. The average Bonchev–Trinajstić information content (AvgIpc) is 3.49. The van der Waals surface area contributed by atoms with Gasteiger partial charge < -0.3 is 26.2 Å². The molecule has 3 aromatic heterocycles. The molecule has 0 unspecified atom stereocenters. The van der Waals surface area contributed by atoms with Crippen LogP contribution in [0.5, 0.6) is 5.75 Å². The number of carbonyl (C=O) groups excluding carboxylic acids is 2. The van der Waals surface area contributed by atoms with Gasteiger partial charge in [-0.15, -0.1) is 11.3 Å². The van der Waals surface area contributed by atoms with Gasteiger partial charge in [-0.25, -0.2) is 14.8 Å². The van der Waals surface area contributed by atoms with Crippen molar-refractivity contribution in [3.63, 3.8) is 0 Å². The molecule has 2 aromatic carbocycles. The van der Waals surface area contributed by atoms with Crippen molar-refractivity contribution in [3.05, 3.63) is 88.7 Å². The van der Waals surface area contributed by atoms with Crippen LogP contribution in [0.15, 0.2) is 66.2 Å². The first-order valence-electron chi connectivity index (χ1n) is 14.1. The molecular formula is C33H29N5O5S. The molecule has 0 fully saturated rings. The molecule has 6 rings (SSSR count). The predicted molar refractivity (Wildman–Crippen MR) is 170 cm³/mol. The number of ether oxygens (including phenoxy) is 1. The summed E-state index contributed by atoms with van der Waals surface area (Å²) < 4.78 is 6.03. The second-order valence-electron chi connectivity index (χ2n) is 10.9. The van der Waals surface area contributed by atoms with Crippen molar-refractivity contribution in [3.8, 4) is 27.3 Å². The van der Waals surface area contributed by atoms with E-state index >= 15 is 0 Å². The number of amides is 2. The molecule has 10 nitrogen and oxygen atoms in total. The van der Waals surface area contributed by atoms with Crippen LogP contribution in [0.25, 0.3) is 32.3 Å². The Morgan fingerprint density at radius 1 is 1.02 bits per heavy atom. The van der Waals surface area contributed by atoms with E-state index in [1.54, 1.807) is 42.6 Å². The van der Waals surface area contributed by atoms with Crippen molar-refractivity contribution >= 4 is 51.4 Å². The van der Waals surface area contributed by atoms with E-state index in [-0.39, 0.29) is 22.5 Å². The number of aromatic carboxylic acids is 1. The number of pyridine rings is 2. The number of anilines is 2. The number of nitrogens with zero attached hydrogens (tertiary/aromatic N) is 2. The van der Waals surface area contributed by atoms with Gasteiger partial charge in [0.25, 0.3) is 11.8 Å². The number of carbonyl (C=O) groups is 3. The van der Waals surface area contributed by atoms with Crippen LogP contribution in [0.3, 0.4) is 0 Å². The van der Waals surface area contributed by atoms with Gasteiger partial charge >= 0.3 is 5.97 Å². The van der Waals surface area contributed by atoms with E-state index in [1.807, 2.05) is 25.3 Å². The summed E-state index contributed by atoms with van der Waals surface area (Å²) in [6, 6.07) is 15.4. The van der Waals surface area contributed by atoms with Crippen LogP contribution < -0.4 is 21.1 Å². The van der Waals surface area contributed by atoms with E-state index in [0.717, 1.165) is 33.2 Å². The lowest BCUT2D eigenvalue weighted by atomic mass is 9.92. The number of nitrogens with one attached hydrogen (secondary N) is 2. The Balaban J connectivity index is 1.43. The number of thiophene rings is 1. The highest BCUT2D eigenvalue weighted by Crippen LogP contribution is 2.44. The molecule has 222 valence electrons. The van der Waals surface area contributed by atoms with Crippen molar-refractivity contribution < 1.29 is 24.2 Å². The predicted octanol–water partition coefficient (Wildman–Crippen LogP) is 6.23. The van der Waals surface area contributed by atoms with Crippen LogP contribution >= 0.6 is 11.3 Å². The highest BCUT2D eigenvalue weighted by atomic mass is 32.1. The highest BCUT2D eigenvalue weighted by Gasteiger charge is 2.27. The van der Waals surface area contributed by atoms with E-state index in [1.165, 1.54) is 23.5 Å². The summed E-state index contributed by atoms with van der Waals surface area (Å²) in [5.41, 5.74) is 8.60. The van der Waals surface area contributed by atoms with Crippen molar-refractivity contribution in [2.45, 2.75) is 26.9 Å². The third-order valence-electron chi connectivity index (χ3n) is 7.42. The third-order valence-corrected chi connectivity index (χ3v) is 8.41. The maximum absolute atomic E-state index is 14.0. The van der Waals surface area contributed by atoms with E-state index < -0.39 is 17.8 Å². The zero-order valence-corrected chi connectivity index (χ0v) is 24.8. The number of rotatable bonds is 8. The lowest BCUT2D eigenvalue weighted by molar-refractivity contribution is 0.0691. The van der Waals surface area contributed by atoms with E-state index in [9.17, 15) is 19.5 Å². The van der Waals surface area contributed by atoms with Gasteiger partial charge in [-0.3, -0.25) is 9.59 Å². The molecule has 2 amide bonds. The minimum Gasteiger partial charge on any atom is -0.488 e. The monoisotopic (exact) mass is 607 g/mol. The molecule has 0 spiro atoms. The number of benzene rings is 2. The molecule has 0 aliphatic carbocycles. The number of hydrogen-bond donors (Lipinski definition) is 4. The fourth-order valence-corrected chi connectivity index (χ4v) is 6.07. The molecule has 0 saturated heterocycles. The Morgan fingerprint density at radius 2 is 1.86 bits per heavy atom. The van der Waals surface area contributed by atoms with Gasteiger partial charge in [0.1, 0.15) is 23.9 Å². The zero-order chi connectivity index (χ0) is 31.0. The van der Waals surface area contributed by atoms with Gasteiger partial charge in [-0.1, -0.05) is 13.8 Å². The first kappa shape index (κ1) is 28.8. The lowest BCUT2D eigenvalue weighted by Gasteiger charge is -2.21. The third kappa shape index (κ3) is 5.57. The van der Waals surface area contributed by atoms with Crippen molar-refractivity contribution in [1.82, 2.24) is 15.3 Å². The van der Waals surface area contributed by atoms with Gasteiger partial charge in [0, 0.05) is 56.5 Å². The van der Waals surface area contributed by atoms with Crippen LogP contribution in [-0.2, 0) is 6.61 Å². The van der Waals surface area contributed by atoms with Crippen molar-refractivity contribution in [1.29, 1.82) is 0 Å². The van der Waals surface area contributed by atoms with Gasteiger partial charge in [0.2, 0.25) is 0 Å². The summed E-state index contributed by atoms with van der Waals surface area (Å²) >= 11 is 1.54. The molecule has 44 heavy (non-hydrogen) atoms. The van der Waals surface area contributed by atoms with E-state index in [4.69, 9.17) is 10.5 Å². The molecule has 0 atom stereocenters. The average molecular weight is 608 g/mol. The van der Waals surface area contributed by atoms with Gasteiger partial charge in [-0.05, 0) is 77.7 Å². The lowest BCUT2D eigenvalue weighted by Crippen LogP contribution is -2.27. The van der Waals surface area contributed by atoms with Crippen molar-refractivity contribution in [2.75, 3.05) is 17.6 Å². The first-order valence-corrected chi connectivity index (χ1v) is 14.9. The standard InChI is InChI=1S/C33H29N5O5S/c1-17(2)7-10-36-32(40)26-6-5-22(28(38-26)33(41)42)23-15-27-25(29-19(16-43-27)9-12-44-29)14-24(23)31(39)37-20-3-4-21-18(13-20)8-11-35-30(21)34/h3-6,8-9,11-15,17H,7,10,16H2,1-2H3,(H2,34,35)(H,36,40)(H,37,39)(H,41,42). The molecule has 0 radical (unpaired) electrons. The molecular weight excluding hydrogens is 578 g/mol. The maximum atomic E-state index is 14.0. The second-order valence-corrected chi connectivity index (χ2v) is 11.8. The number of nitrogens with two attached hydrogens (primary N) is 1. The minimum absolute atomic E-state index is 0.0247. The summed E-state index contributed by atoms with van der Waals surface area (Å²) in [5, 5.41) is 19.4. The normalized spacial score (nSPS) is 11.9. The van der Waals surface area contributed by atoms with Crippen LogP contribution in [0.2, 0.25) is 0 Å². The number of fused-ring (bicyclic) bond motifs is 4. The van der Waals surface area contributed by atoms with Crippen LogP contribution in [0.4, 0.5) is 11.5 Å². The second kappa shape index (κ2) is 11.8. The first-order chi connectivity index (χ1) is 21.2. The summed E-state index contributed by atoms with van der Waals surface area (Å²) in [6.07, 6.45) is 2.37. The quantitative estimate of drug-likeness (QED) is 0.162. The van der Waals surface area contributed by atoms with E-state index in [2.05, 4.69) is 20.6 Å². The fraction of sp³-hybridized carbons (Fsp3) is 0.182. The summed E-state index contributed by atoms with van der Waals surface area (Å²) in [7, 11) is 0. The Kier molecular flexibility index (Phi) is 7.71. The summed E-state index contributed by atoms with van der Waals surface area (Å²) in [5.74, 6) is -0.959. The van der Waals surface area contributed by atoms with E-state index in [0.29, 0.717) is 41.9 Å². The molecule has 5 N–H and O–H groups in total. The van der Waals surface area contributed by atoms with Gasteiger partial charge in [0.15, 0.2) is 5.69 Å².